The zero-order valence-corrected chi connectivity index (χ0v) is 21.9. The summed E-state index contributed by atoms with van der Waals surface area (Å²) in [6.45, 7) is 1.15. The Morgan fingerprint density at radius 2 is 2.05 bits per heavy atom. The number of aryl methyl sites for hydroxylation is 1. The molecule has 0 aliphatic carbocycles. The Morgan fingerprint density at radius 1 is 1.38 bits per heavy atom. The molecule has 0 spiro atoms. The van der Waals surface area contributed by atoms with Crippen LogP contribution in [-0.4, -0.2) is 64.4 Å². The predicted molar refractivity (Wildman–Crippen MR) is 140 cm³/mol. The van der Waals surface area contributed by atoms with Crippen LogP contribution in [0.4, 0.5) is 18.9 Å². The van der Waals surface area contributed by atoms with Gasteiger partial charge in [-0.15, -0.1) is 16.7 Å². The highest BCUT2D eigenvalue weighted by Crippen LogP contribution is 2.24. The lowest BCUT2D eigenvalue weighted by atomic mass is 10.0. The topological polar surface area (TPSA) is 180 Å². The molecule has 1 atom stereocenters. The lowest BCUT2D eigenvalue weighted by molar-refractivity contribution is -0.0615. The van der Waals surface area contributed by atoms with Crippen molar-refractivity contribution in [1.29, 1.82) is 5.26 Å². The number of allylic oxidation sites excluding steroid dienone is 1. The van der Waals surface area contributed by atoms with Crippen LogP contribution < -0.4 is 22.2 Å². The molecule has 16 heteroatoms. The predicted octanol–water partition coefficient (Wildman–Crippen LogP) is 2.25. The molecule has 0 fully saturated rings. The number of nitriles is 1. The van der Waals surface area contributed by atoms with Gasteiger partial charge in [0.2, 0.25) is 5.84 Å². The van der Waals surface area contributed by atoms with Crippen molar-refractivity contribution in [3.63, 3.8) is 0 Å². The molecule has 0 radical (unpaired) electrons. The molecule has 3 rings (SSSR count). The van der Waals surface area contributed by atoms with Gasteiger partial charge in [-0.25, -0.2) is 20.6 Å². The van der Waals surface area contributed by atoms with Gasteiger partial charge in [0.1, 0.15) is 11.5 Å². The molecule has 1 amide bonds. The molecule has 0 bridgehead atoms. The number of hydrogen-bond donors (Lipinski definition) is 4. The number of carbonyl (C=O) groups excluding carboxylic acids is 2. The Hall–Kier alpha value is -4.26. The van der Waals surface area contributed by atoms with Gasteiger partial charge in [0.15, 0.2) is 6.29 Å². The van der Waals surface area contributed by atoms with Crippen LogP contribution in [0.2, 0.25) is 0 Å². The van der Waals surface area contributed by atoms with E-state index < -0.39 is 29.8 Å². The number of nitrogens with two attached hydrogens (primary N) is 2. The van der Waals surface area contributed by atoms with Crippen LogP contribution >= 0.6 is 11.6 Å². The Bertz CT molecular complexity index is 1340. The molecule has 12 nitrogen and oxygen atoms in total. The Morgan fingerprint density at radius 3 is 2.62 bits per heavy atom. The highest BCUT2D eigenvalue weighted by molar-refractivity contribution is 6.32. The van der Waals surface area contributed by atoms with Gasteiger partial charge in [0, 0.05) is 11.8 Å². The van der Waals surface area contributed by atoms with E-state index in [1.54, 1.807) is 13.0 Å². The number of halogens is 4. The van der Waals surface area contributed by atoms with Gasteiger partial charge in [-0.05, 0) is 51.2 Å². The molecule has 2 aromatic rings. The van der Waals surface area contributed by atoms with Gasteiger partial charge in [-0.1, -0.05) is 6.08 Å². The molecule has 39 heavy (non-hydrogen) atoms. The third-order valence-corrected chi connectivity index (χ3v) is 5.23. The zero-order chi connectivity index (χ0) is 29.3. The van der Waals surface area contributed by atoms with E-state index in [0.717, 1.165) is 4.68 Å². The third-order valence-electron chi connectivity index (χ3n) is 4.86. The number of anilines is 1. The largest absolute Gasteiger partial charge is 0.450 e. The summed E-state index contributed by atoms with van der Waals surface area (Å²) in [5.74, 6) is 3.33. The van der Waals surface area contributed by atoms with E-state index in [-0.39, 0.29) is 34.0 Å². The van der Waals surface area contributed by atoms with E-state index >= 15 is 0 Å². The average molecular weight is 567 g/mol. The van der Waals surface area contributed by atoms with Crippen LogP contribution in [0.1, 0.15) is 44.1 Å². The monoisotopic (exact) mass is 566 g/mol. The van der Waals surface area contributed by atoms with Crippen molar-refractivity contribution in [3.05, 3.63) is 58.6 Å². The van der Waals surface area contributed by atoms with Crippen molar-refractivity contribution in [2.75, 3.05) is 19.4 Å². The first-order valence-electron chi connectivity index (χ1n) is 11.2. The van der Waals surface area contributed by atoms with Crippen molar-refractivity contribution in [2.45, 2.75) is 31.4 Å². The van der Waals surface area contributed by atoms with E-state index in [9.17, 15) is 22.8 Å². The van der Waals surface area contributed by atoms with Crippen molar-refractivity contribution in [2.24, 2.45) is 21.7 Å². The van der Waals surface area contributed by atoms with Crippen LogP contribution in [0.5, 0.6) is 0 Å². The summed E-state index contributed by atoms with van der Waals surface area (Å²) >= 11 is 6.34. The van der Waals surface area contributed by atoms with Crippen LogP contribution in [-0.2, 0) is 6.54 Å². The standard InChI is InChI=1S/C21H19ClF3N9O2.C2H7N/c1-11-5-12(8-26)6-13(10-35)17(11)30-19(36)16-7-14(9-33(28)32-20(27)21(23,24)25)31-34(16)18-15(22)3-2-4-29-18;1-3-2/h2,4-7,10,15H,3,9,28H2,1H3,(H2,27,32)(H,30,36);3H,1-2H3. The van der Waals surface area contributed by atoms with Crippen molar-refractivity contribution >= 4 is 41.2 Å². The average Bonchev–Trinajstić information content (AvgIpc) is 3.28. The lowest BCUT2D eigenvalue weighted by Crippen LogP contribution is -2.36. The first kappa shape index (κ1) is 31.0. The van der Waals surface area contributed by atoms with Gasteiger partial charge < -0.3 is 16.4 Å². The minimum atomic E-state index is -4.88. The van der Waals surface area contributed by atoms with E-state index in [2.05, 4.69) is 25.8 Å². The van der Waals surface area contributed by atoms with Crippen molar-refractivity contribution in [3.8, 4) is 6.07 Å². The summed E-state index contributed by atoms with van der Waals surface area (Å²) in [7, 11) is 3.75. The summed E-state index contributed by atoms with van der Waals surface area (Å²) in [5.41, 5.74) is 5.78. The van der Waals surface area contributed by atoms with E-state index in [1.165, 1.54) is 24.4 Å². The maximum Gasteiger partial charge on any atom is 0.450 e. The van der Waals surface area contributed by atoms with Gasteiger partial charge in [-0.3, -0.25) is 9.59 Å². The maximum absolute atomic E-state index is 13.3. The number of rotatable bonds is 6. The number of aldehydes is 1. The first-order valence-corrected chi connectivity index (χ1v) is 11.6. The smallest absolute Gasteiger partial charge is 0.378 e. The Balaban J connectivity index is 0.00000170. The highest BCUT2D eigenvalue weighted by atomic mass is 35.5. The number of carbonyl (C=O) groups is 2. The maximum atomic E-state index is 13.3. The Labute approximate surface area is 226 Å². The minimum Gasteiger partial charge on any atom is -0.378 e. The summed E-state index contributed by atoms with van der Waals surface area (Å²) in [5, 5.41) is 21.5. The molecule has 208 valence electrons. The fourth-order valence-electron chi connectivity index (χ4n) is 3.24. The molecule has 1 aliphatic rings. The minimum absolute atomic E-state index is 0.0506. The number of hydrogen-bond acceptors (Lipinski definition) is 9. The van der Waals surface area contributed by atoms with Crippen molar-refractivity contribution in [1.82, 2.24) is 20.2 Å². The number of hydrazine groups is 1. The second-order valence-corrected chi connectivity index (χ2v) is 8.56. The molecule has 0 saturated carbocycles. The quantitative estimate of drug-likeness (QED) is 0.103. The molecule has 2 heterocycles. The molecule has 6 N–H and O–H groups in total. The summed E-state index contributed by atoms with van der Waals surface area (Å²) in [6, 6.07) is 6.00. The highest BCUT2D eigenvalue weighted by Gasteiger charge is 2.34. The molecule has 1 aromatic carbocycles. The van der Waals surface area contributed by atoms with Gasteiger partial charge >= 0.3 is 6.18 Å². The van der Waals surface area contributed by atoms with Gasteiger partial charge in [0.05, 0.1) is 34.9 Å². The number of alkyl halides is 4. The number of nitrogens with one attached hydrogen (secondary N) is 2. The first-order chi connectivity index (χ1) is 18.4. The number of benzene rings is 1. The van der Waals surface area contributed by atoms with E-state index in [0.29, 0.717) is 23.4 Å². The number of amides is 1. The van der Waals surface area contributed by atoms with Crippen LogP contribution in [0.25, 0.3) is 0 Å². The number of aromatic nitrogens is 2. The van der Waals surface area contributed by atoms with Crippen molar-refractivity contribution < 1.29 is 22.8 Å². The number of aliphatic imine (C=N–C) groups is 1. The number of hydrazone groups is 1. The molecular weight excluding hydrogens is 541 g/mol. The van der Waals surface area contributed by atoms with Crippen LogP contribution in [0, 0.1) is 18.3 Å². The fourth-order valence-corrected chi connectivity index (χ4v) is 3.50. The second-order valence-electron chi connectivity index (χ2n) is 8.03. The SMILES string of the molecule is CNC.Cc1cc(C#N)cc(C=O)c1NC(=O)c1cc(CN(N)/N=C(\N)C(F)(F)F)nn1C1=NC=CCC1Cl. The molecule has 0 saturated heterocycles. The zero-order valence-electron chi connectivity index (χ0n) is 21.1. The summed E-state index contributed by atoms with van der Waals surface area (Å²) in [4.78, 5) is 29.0. The molecule has 1 aliphatic heterocycles. The summed E-state index contributed by atoms with van der Waals surface area (Å²) < 4.78 is 39.1. The second kappa shape index (κ2) is 13.5. The molecular formula is C23H26ClF3N10O2. The number of amidine groups is 1. The van der Waals surface area contributed by atoms with Crippen LogP contribution in [0.15, 0.2) is 40.6 Å². The normalized spacial score (nSPS) is 15.0. The van der Waals surface area contributed by atoms with Gasteiger partial charge in [0.25, 0.3) is 5.91 Å². The fraction of sp³-hybridized carbons (Fsp3) is 0.304. The molecule has 1 aromatic heterocycles. The van der Waals surface area contributed by atoms with E-state index in [4.69, 9.17) is 28.4 Å². The molecule has 1 unspecified atom stereocenters. The van der Waals surface area contributed by atoms with Gasteiger partial charge in [-0.2, -0.15) is 23.5 Å². The van der Waals surface area contributed by atoms with E-state index in [1.807, 2.05) is 20.2 Å². The van der Waals surface area contributed by atoms with Crippen LogP contribution in [0.3, 0.4) is 0 Å². The Kier molecular flexibility index (Phi) is 10.7. The summed E-state index contributed by atoms with van der Waals surface area (Å²) in [6.07, 6.45) is -0.831. The number of nitrogens with zero attached hydrogens (tertiary/aromatic N) is 6. The third kappa shape index (κ3) is 8.11. The lowest BCUT2D eigenvalue weighted by Gasteiger charge is -2.17.